The van der Waals surface area contributed by atoms with Gasteiger partial charge in [-0.3, -0.25) is 4.79 Å². The number of thioether (sulfide) groups is 1. The van der Waals surface area contributed by atoms with Gasteiger partial charge in [-0.25, -0.2) is 0 Å². The summed E-state index contributed by atoms with van der Waals surface area (Å²) in [4.78, 5) is 13.0. The number of rotatable bonds is 2. The smallest absolute Gasteiger partial charge is 0.198 e. The minimum Gasteiger partial charge on any atom is -0.508 e. The molecule has 0 radical (unpaired) electrons. The van der Waals surface area contributed by atoms with Crippen LogP contribution in [-0.4, -0.2) is 22.1 Å². The van der Waals surface area contributed by atoms with E-state index in [9.17, 15) is 9.90 Å². The summed E-state index contributed by atoms with van der Waals surface area (Å²) in [6.07, 6.45) is 0. The van der Waals surface area contributed by atoms with Gasteiger partial charge in [0.15, 0.2) is 5.78 Å². The third-order valence-corrected chi connectivity index (χ3v) is 5.82. The predicted octanol–water partition coefficient (Wildman–Crippen LogP) is 4.62. The number of nitrogens with one attached hydrogen (secondary N) is 1. The van der Waals surface area contributed by atoms with E-state index in [4.69, 9.17) is 4.74 Å². The zero-order valence-corrected chi connectivity index (χ0v) is 16.4. The highest BCUT2D eigenvalue weighted by atomic mass is 32.2. The zero-order valence-electron chi connectivity index (χ0n) is 15.6. The monoisotopic (exact) mass is 359 g/mol. The highest BCUT2D eigenvalue weighted by Gasteiger charge is 2.47. The second-order valence-corrected chi connectivity index (χ2v) is 8.69. The molecule has 0 aromatic heterocycles. The second kappa shape index (κ2) is 5.92. The predicted molar refractivity (Wildman–Crippen MR) is 102 cm³/mol. The molecule has 1 atom stereocenters. The number of hydrogen-bond donors (Lipinski definition) is 2. The molecular formula is C20H25NO3S. The van der Waals surface area contributed by atoms with Crippen molar-refractivity contribution in [3.05, 3.63) is 51.8 Å². The van der Waals surface area contributed by atoms with Crippen molar-refractivity contribution >= 4 is 23.1 Å². The van der Waals surface area contributed by atoms with Crippen molar-refractivity contribution < 1.29 is 14.6 Å². The van der Waals surface area contributed by atoms with Crippen LogP contribution in [0.4, 0.5) is 0 Å². The molecule has 134 valence electrons. The van der Waals surface area contributed by atoms with Gasteiger partial charge in [0.2, 0.25) is 0 Å². The Bertz CT molecular complexity index is 805. The van der Waals surface area contributed by atoms with Gasteiger partial charge < -0.3 is 15.2 Å². The van der Waals surface area contributed by atoms with E-state index in [2.05, 4.69) is 16.8 Å². The number of aryl methyl sites for hydroxylation is 1. The van der Waals surface area contributed by atoms with E-state index in [1.165, 1.54) is 0 Å². The van der Waals surface area contributed by atoms with Gasteiger partial charge in [-0.1, -0.05) is 12.1 Å². The van der Waals surface area contributed by atoms with Crippen LogP contribution in [-0.2, 0) is 9.53 Å². The standard InChI is InChI=1S/C20H25NO3S/c1-11-7-8-13(18-21-12(2)10-25-18)9-14(11)15-16(22)19(3,4)24-20(5,6)17(15)23/h7-10,18,21-22H,1-6H3. The SMILES string of the molecule is CC1=CSC(c2ccc(C)c(C3=C(O)C(C)(C)OC(C)(C)C3=O)c2)N1. The molecule has 0 bridgehead atoms. The van der Waals surface area contributed by atoms with E-state index in [0.717, 1.165) is 22.4 Å². The average Bonchev–Trinajstić information content (AvgIpc) is 2.93. The van der Waals surface area contributed by atoms with Gasteiger partial charge >= 0.3 is 0 Å². The summed E-state index contributed by atoms with van der Waals surface area (Å²) in [6.45, 7) is 11.1. The number of benzene rings is 1. The summed E-state index contributed by atoms with van der Waals surface area (Å²) in [6, 6.07) is 6.07. The van der Waals surface area contributed by atoms with Crippen LogP contribution < -0.4 is 5.32 Å². The summed E-state index contributed by atoms with van der Waals surface area (Å²) < 4.78 is 5.84. The molecule has 0 spiro atoms. The van der Waals surface area contributed by atoms with Crippen molar-refractivity contribution in [3.63, 3.8) is 0 Å². The highest BCUT2D eigenvalue weighted by Crippen LogP contribution is 2.42. The molecule has 1 aromatic rings. The molecule has 2 aliphatic heterocycles. The number of aliphatic hydroxyl groups is 1. The van der Waals surface area contributed by atoms with Crippen molar-refractivity contribution in [1.82, 2.24) is 5.32 Å². The van der Waals surface area contributed by atoms with Crippen LogP contribution >= 0.6 is 11.8 Å². The summed E-state index contributed by atoms with van der Waals surface area (Å²) in [7, 11) is 0. The van der Waals surface area contributed by atoms with Crippen LogP contribution in [0.15, 0.2) is 35.1 Å². The average molecular weight is 359 g/mol. The molecule has 0 aliphatic carbocycles. The molecule has 2 aliphatic rings. The minimum absolute atomic E-state index is 0.00147. The summed E-state index contributed by atoms with van der Waals surface area (Å²) in [5.41, 5.74) is 2.42. The van der Waals surface area contributed by atoms with E-state index in [1.807, 2.05) is 26.0 Å². The number of ketones is 1. The Kier molecular flexibility index (Phi) is 4.28. The van der Waals surface area contributed by atoms with Crippen LogP contribution in [0.5, 0.6) is 0 Å². The number of allylic oxidation sites excluding steroid dienone is 1. The summed E-state index contributed by atoms with van der Waals surface area (Å²) in [5, 5.41) is 16.4. The van der Waals surface area contributed by atoms with E-state index < -0.39 is 11.2 Å². The molecule has 5 heteroatoms. The molecule has 1 unspecified atom stereocenters. The molecule has 0 fully saturated rings. The molecule has 4 nitrogen and oxygen atoms in total. The van der Waals surface area contributed by atoms with Crippen molar-refractivity contribution in [2.45, 2.75) is 58.1 Å². The van der Waals surface area contributed by atoms with E-state index in [1.54, 1.807) is 39.5 Å². The van der Waals surface area contributed by atoms with Gasteiger partial charge in [-0.05, 0) is 69.7 Å². The first-order chi connectivity index (χ1) is 11.5. The Morgan fingerprint density at radius 3 is 2.44 bits per heavy atom. The van der Waals surface area contributed by atoms with Gasteiger partial charge in [0.05, 0.1) is 5.57 Å². The van der Waals surface area contributed by atoms with Crippen molar-refractivity contribution in [2.75, 3.05) is 0 Å². The second-order valence-electron chi connectivity index (χ2n) is 7.71. The largest absolute Gasteiger partial charge is 0.508 e. The fourth-order valence-corrected chi connectivity index (χ4v) is 4.34. The van der Waals surface area contributed by atoms with Gasteiger partial charge in [-0.15, -0.1) is 11.8 Å². The fraction of sp³-hybridized carbons (Fsp3) is 0.450. The molecule has 3 rings (SSSR count). The van der Waals surface area contributed by atoms with Gasteiger partial charge in [0.25, 0.3) is 0 Å². The van der Waals surface area contributed by atoms with Gasteiger partial charge in [0, 0.05) is 5.70 Å². The lowest BCUT2D eigenvalue weighted by Gasteiger charge is -2.40. The Labute approximate surface area is 153 Å². The normalized spacial score (nSPS) is 25.0. The first-order valence-corrected chi connectivity index (χ1v) is 9.35. The van der Waals surface area contributed by atoms with Crippen LogP contribution in [0.3, 0.4) is 0 Å². The molecule has 1 aromatic carbocycles. The third kappa shape index (κ3) is 3.11. The number of carbonyl (C=O) groups excluding carboxylic acids is 1. The van der Waals surface area contributed by atoms with Crippen LogP contribution in [0.25, 0.3) is 5.57 Å². The van der Waals surface area contributed by atoms with Crippen molar-refractivity contribution in [1.29, 1.82) is 0 Å². The number of hydrogen-bond acceptors (Lipinski definition) is 5. The minimum atomic E-state index is -0.980. The molecule has 25 heavy (non-hydrogen) atoms. The Morgan fingerprint density at radius 1 is 1.16 bits per heavy atom. The van der Waals surface area contributed by atoms with E-state index in [-0.39, 0.29) is 16.9 Å². The Hall–Kier alpha value is -1.72. The fourth-order valence-electron chi connectivity index (χ4n) is 3.37. The maximum atomic E-state index is 13.0. The van der Waals surface area contributed by atoms with E-state index >= 15 is 0 Å². The van der Waals surface area contributed by atoms with Gasteiger partial charge in [-0.2, -0.15) is 0 Å². The number of ether oxygens (including phenoxy) is 1. The molecule has 2 heterocycles. The first-order valence-electron chi connectivity index (χ1n) is 8.41. The lowest BCUT2D eigenvalue weighted by molar-refractivity contribution is -0.158. The van der Waals surface area contributed by atoms with Crippen molar-refractivity contribution in [3.8, 4) is 0 Å². The van der Waals surface area contributed by atoms with Crippen LogP contribution in [0.2, 0.25) is 0 Å². The molecular weight excluding hydrogens is 334 g/mol. The zero-order chi connectivity index (χ0) is 18.6. The van der Waals surface area contributed by atoms with Crippen LogP contribution in [0, 0.1) is 6.92 Å². The lowest BCUT2D eigenvalue weighted by Crippen LogP contribution is -2.49. The van der Waals surface area contributed by atoms with Crippen LogP contribution in [0.1, 0.15) is 56.7 Å². The number of carbonyl (C=O) groups is 1. The van der Waals surface area contributed by atoms with Crippen molar-refractivity contribution in [2.24, 2.45) is 0 Å². The maximum absolute atomic E-state index is 13.0. The third-order valence-electron chi connectivity index (χ3n) is 4.66. The highest BCUT2D eigenvalue weighted by molar-refractivity contribution is 8.02. The first kappa shape index (κ1) is 18.1. The topological polar surface area (TPSA) is 58.6 Å². The summed E-state index contributed by atoms with van der Waals surface area (Å²) in [5.74, 6) is -0.190. The number of Topliss-reactive ketones (excluding diaryl/α,β-unsaturated/α-hetero) is 1. The Morgan fingerprint density at radius 2 is 1.84 bits per heavy atom. The quantitative estimate of drug-likeness (QED) is 0.807. The van der Waals surface area contributed by atoms with E-state index in [0.29, 0.717) is 5.57 Å². The lowest BCUT2D eigenvalue weighted by atomic mass is 9.81. The molecule has 0 saturated heterocycles. The van der Waals surface area contributed by atoms with Gasteiger partial charge in [0.1, 0.15) is 22.3 Å². The molecule has 0 saturated carbocycles. The molecule has 0 amide bonds. The number of aliphatic hydroxyl groups excluding tert-OH is 1. The summed E-state index contributed by atoms with van der Waals surface area (Å²) >= 11 is 1.70. The molecule has 2 N–H and O–H groups in total. The Balaban J connectivity index is 2.13. The maximum Gasteiger partial charge on any atom is 0.198 e.